The second-order valence-corrected chi connectivity index (χ2v) is 9.09. The summed E-state index contributed by atoms with van der Waals surface area (Å²) < 4.78 is 34.1. The molecule has 0 radical (unpaired) electrons. The molecule has 0 spiro atoms. The zero-order chi connectivity index (χ0) is 21.5. The van der Waals surface area contributed by atoms with Crippen LogP contribution in [0.4, 0.5) is 5.69 Å². The molecule has 0 bridgehead atoms. The Hall–Kier alpha value is -3.11. The number of hydrogen-bond acceptors (Lipinski definition) is 5. The van der Waals surface area contributed by atoms with Crippen LogP contribution in [0, 0.1) is 0 Å². The van der Waals surface area contributed by atoms with Crippen molar-refractivity contribution in [2.75, 3.05) is 17.8 Å². The maximum Gasteiger partial charge on any atom is 0.323 e. The van der Waals surface area contributed by atoms with E-state index in [-0.39, 0.29) is 34.3 Å². The number of anilines is 1. The number of carbonyl (C=O) groups is 1. The number of aromatic amines is 2. The average molecular weight is 430 g/mol. The van der Waals surface area contributed by atoms with Crippen molar-refractivity contribution in [2.45, 2.75) is 31.0 Å². The maximum absolute atomic E-state index is 13.1. The summed E-state index contributed by atoms with van der Waals surface area (Å²) in [5, 5.41) is 0. The van der Waals surface area contributed by atoms with E-state index in [9.17, 15) is 18.0 Å². The number of para-hydroxylation sites is 1. The number of ether oxygens (including phenoxy) is 1. The molecule has 1 aliphatic rings. The van der Waals surface area contributed by atoms with Crippen LogP contribution in [0.15, 0.2) is 52.2 Å². The molecule has 9 nitrogen and oxygen atoms in total. The van der Waals surface area contributed by atoms with Crippen LogP contribution in [0.1, 0.15) is 24.2 Å². The highest BCUT2D eigenvalue weighted by molar-refractivity contribution is 7.92. The zero-order valence-electron chi connectivity index (χ0n) is 16.5. The van der Waals surface area contributed by atoms with Gasteiger partial charge in [-0.05, 0) is 44.2 Å². The smallest absolute Gasteiger partial charge is 0.323 e. The van der Waals surface area contributed by atoms with Crippen LogP contribution < -0.4 is 10.4 Å². The Balaban J connectivity index is 1.64. The lowest BCUT2D eigenvalue weighted by atomic mass is 10.1. The minimum absolute atomic E-state index is 0.0267. The van der Waals surface area contributed by atoms with Gasteiger partial charge >= 0.3 is 5.69 Å². The van der Waals surface area contributed by atoms with Crippen molar-refractivity contribution in [1.29, 1.82) is 0 Å². The van der Waals surface area contributed by atoms with Gasteiger partial charge in [0, 0.05) is 13.1 Å². The third kappa shape index (κ3) is 3.96. The number of amides is 1. The number of morpholine rings is 1. The molecule has 0 aliphatic carbocycles. The highest BCUT2D eigenvalue weighted by atomic mass is 32.2. The summed E-state index contributed by atoms with van der Waals surface area (Å²) >= 11 is 0. The zero-order valence-corrected chi connectivity index (χ0v) is 17.3. The van der Waals surface area contributed by atoms with Gasteiger partial charge in [-0.25, -0.2) is 13.2 Å². The topological polar surface area (TPSA) is 124 Å². The molecule has 1 aromatic heterocycles. The van der Waals surface area contributed by atoms with Gasteiger partial charge in [0.25, 0.3) is 15.9 Å². The van der Waals surface area contributed by atoms with Crippen LogP contribution >= 0.6 is 0 Å². The highest BCUT2D eigenvalue weighted by Gasteiger charge is 2.28. The highest BCUT2D eigenvalue weighted by Crippen LogP contribution is 2.24. The summed E-state index contributed by atoms with van der Waals surface area (Å²) in [7, 11) is -3.99. The van der Waals surface area contributed by atoms with Crippen LogP contribution in [-0.2, 0) is 14.8 Å². The van der Waals surface area contributed by atoms with Crippen molar-refractivity contribution in [1.82, 2.24) is 14.9 Å². The quantitative estimate of drug-likeness (QED) is 0.583. The van der Waals surface area contributed by atoms with Gasteiger partial charge in [-0.1, -0.05) is 12.1 Å². The number of aromatic nitrogens is 2. The van der Waals surface area contributed by atoms with Gasteiger partial charge in [0.2, 0.25) is 0 Å². The average Bonchev–Trinajstić information content (AvgIpc) is 3.06. The molecular weight excluding hydrogens is 408 g/mol. The van der Waals surface area contributed by atoms with Gasteiger partial charge in [0.15, 0.2) is 0 Å². The summed E-state index contributed by atoms with van der Waals surface area (Å²) in [4.78, 5) is 31.3. The third-order valence-electron chi connectivity index (χ3n) is 4.91. The van der Waals surface area contributed by atoms with Crippen LogP contribution in [0.5, 0.6) is 0 Å². The molecule has 2 heterocycles. The van der Waals surface area contributed by atoms with Gasteiger partial charge in [-0.2, -0.15) is 0 Å². The minimum Gasteiger partial charge on any atom is -0.372 e. The van der Waals surface area contributed by atoms with E-state index in [2.05, 4.69) is 14.7 Å². The van der Waals surface area contributed by atoms with E-state index in [1.807, 2.05) is 13.8 Å². The Morgan fingerprint density at radius 2 is 1.73 bits per heavy atom. The molecular formula is C20H22N4O5S. The van der Waals surface area contributed by atoms with Gasteiger partial charge in [-0.15, -0.1) is 0 Å². The van der Waals surface area contributed by atoms with E-state index in [0.29, 0.717) is 24.1 Å². The Labute approximate surface area is 173 Å². The van der Waals surface area contributed by atoms with Crippen molar-refractivity contribution >= 4 is 32.7 Å². The lowest BCUT2D eigenvalue weighted by molar-refractivity contribution is -0.0585. The molecule has 1 fully saturated rings. The standard InChI is InChI=1S/C20H22N4O5S/c1-12-10-24(11-13(2)29-12)19(25)15-5-3-4-6-16(15)23-30(27,28)14-7-8-17-18(9-14)22-20(26)21-17/h3-9,12-13,23H,10-11H2,1-2H3,(H2,21,22,26)/t12-,13-/m0/s1. The number of H-pyrrole nitrogens is 2. The lowest BCUT2D eigenvalue weighted by Crippen LogP contribution is -2.48. The van der Waals surface area contributed by atoms with Gasteiger partial charge in [-0.3, -0.25) is 9.52 Å². The number of imidazole rings is 1. The van der Waals surface area contributed by atoms with E-state index >= 15 is 0 Å². The maximum atomic E-state index is 13.1. The minimum atomic E-state index is -3.99. The number of nitrogens with one attached hydrogen (secondary N) is 3. The van der Waals surface area contributed by atoms with Crippen molar-refractivity contribution in [3.63, 3.8) is 0 Å². The number of nitrogens with zero attached hydrogens (tertiary/aromatic N) is 1. The molecule has 1 aliphatic heterocycles. The predicted octanol–water partition coefficient (Wildman–Crippen LogP) is 1.91. The van der Waals surface area contributed by atoms with Crippen LogP contribution in [0.3, 0.4) is 0 Å². The second kappa shape index (κ2) is 7.62. The summed E-state index contributed by atoms with van der Waals surface area (Å²) in [6.07, 6.45) is -0.200. The Morgan fingerprint density at radius 3 is 2.47 bits per heavy atom. The number of carbonyl (C=O) groups excluding carboxylic acids is 1. The molecule has 1 amide bonds. The fourth-order valence-electron chi connectivity index (χ4n) is 3.66. The molecule has 30 heavy (non-hydrogen) atoms. The fraction of sp³-hybridized carbons (Fsp3) is 0.300. The third-order valence-corrected chi connectivity index (χ3v) is 6.27. The number of sulfonamides is 1. The summed E-state index contributed by atoms with van der Waals surface area (Å²) in [6, 6.07) is 10.8. The molecule has 0 unspecified atom stereocenters. The van der Waals surface area contributed by atoms with E-state index < -0.39 is 15.7 Å². The molecule has 1 saturated heterocycles. The van der Waals surface area contributed by atoms with Crippen LogP contribution in [-0.4, -0.2) is 54.5 Å². The Morgan fingerprint density at radius 1 is 1.07 bits per heavy atom. The molecule has 4 rings (SSSR count). The van der Waals surface area contributed by atoms with Gasteiger partial charge in [0.05, 0.1) is 39.4 Å². The molecule has 0 saturated carbocycles. The molecule has 3 N–H and O–H groups in total. The summed E-state index contributed by atoms with van der Waals surface area (Å²) in [5.41, 5.74) is 0.918. The first-order valence-electron chi connectivity index (χ1n) is 9.51. The summed E-state index contributed by atoms with van der Waals surface area (Å²) in [6.45, 7) is 4.65. The second-order valence-electron chi connectivity index (χ2n) is 7.41. The first kappa shape index (κ1) is 20.2. The van der Waals surface area contributed by atoms with Crippen molar-refractivity contribution in [2.24, 2.45) is 0 Å². The van der Waals surface area contributed by atoms with E-state index in [4.69, 9.17) is 4.74 Å². The number of fused-ring (bicyclic) bond motifs is 1. The predicted molar refractivity (Wildman–Crippen MR) is 112 cm³/mol. The Kier molecular flexibility index (Phi) is 5.12. The summed E-state index contributed by atoms with van der Waals surface area (Å²) in [5.74, 6) is -0.263. The monoisotopic (exact) mass is 430 g/mol. The molecule has 158 valence electrons. The van der Waals surface area contributed by atoms with Crippen molar-refractivity contribution in [3.05, 3.63) is 58.5 Å². The fourth-order valence-corrected chi connectivity index (χ4v) is 4.76. The van der Waals surface area contributed by atoms with Crippen LogP contribution in [0.2, 0.25) is 0 Å². The molecule has 2 aromatic carbocycles. The van der Waals surface area contributed by atoms with E-state index in [1.165, 1.54) is 18.2 Å². The van der Waals surface area contributed by atoms with E-state index in [1.54, 1.807) is 29.2 Å². The molecule has 3 aromatic rings. The number of hydrogen-bond donors (Lipinski definition) is 3. The SMILES string of the molecule is C[C@H]1CN(C(=O)c2ccccc2NS(=O)(=O)c2ccc3[nH]c(=O)[nH]c3c2)C[C@H](C)O1. The molecule has 2 atom stereocenters. The first-order chi connectivity index (χ1) is 14.2. The number of rotatable bonds is 4. The van der Waals surface area contributed by atoms with Gasteiger partial charge < -0.3 is 19.6 Å². The van der Waals surface area contributed by atoms with Crippen molar-refractivity contribution < 1.29 is 17.9 Å². The van der Waals surface area contributed by atoms with Gasteiger partial charge in [0.1, 0.15) is 0 Å². The Bertz CT molecular complexity index is 1250. The normalized spacial score (nSPS) is 19.7. The number of benzene rings is 2. The van der Waals surface area contributed by atoms with E-state index in [0.717, 1.165) is 0 Å². The lowest BCUT2D eigenvalue weighted by Gasteiger charge is -2.35. The largest absolute Gasteiger partial charge is 0.372 e. The first-order valence-corrected chi connectivity index (χ1v) is 11.0. The van der Waals surface area contributed by atoms with Crippen LogP contribution in [0.25, 0.3) is 11.0 Å². The van der Waals surface area contributed by atoms with Crippen molar-refractivity contribution in [3.8, 4) is 0 Å². The molecule has 10 heteroatoms.